The van der Waals surface area contributed by atoms with Crippen molar-refractivity contribution < 1.29 is 18.8 Å². The lowest BCUT2D eigenvalue weighted by atomic mass is 9.60. The van der Waals surface area contributed by atoms with E-state index in [0.717, 1.165) is 68.9 Å². The molecule has 3 aliphatic carbocycles. The maximum Gasteiger partial charge on any atom is 0.306 e. The largest absolute Gasteiger partial charge is 0.460 e. The second kappa shape index (κ2) is 10.3. The lowest BCUT2D eigenvalue weighted by molar-refractivity contribution is -0.155. The van der Waals surface area contributed by atoms with Crippen LogP contribution in [-0.2, 0) is 9.53 Å². The SMILES string of the molecule is [2H]C([2H])([2H])[C@]12CCC/C(=C\C=C3\C[C@@H](O)CCC3=C)[C@@H]1CC[C@@H]2[C@H](C)CCCC(=O)OC(C)(C)C. The van der Waals surface area contributed by atoms with Crippen molar-refractivity contribution in [2.75, 3.05) is 0 Å². The van der Waals surface area contributed by atoms with Gasteiger partial charge < -0.3 is 9.84 Å². The molecule has 3 aliphatic rings. The molecule has 0 unspecified atom stereocenters. The number of allylic oxidation sites excluding steroid dienone is 4. The first-order valence-electron chi connectivity index (χ1n) is 14.2. The van der Waals surface area contributed by atoms with Gasteiger partial charge in [0.2, 0.25) is 0 Å². The second-order valence-electron chi connectivity index (χ2n) is 11.5. The highest BCUT2D eigenvalue weighted by Crippen LogP contribution is 2.59. The summed E-state index contributed by atoms with van der Waals surface area (Å²) < 4.78 is 31.4. The van der Waals surface area contributed by atoms with Crippen LogP contribution in [0.4, 0.5) is 0 Å². The average Bonchev–Trinajstić information content (AvgIpc) is 3.14. The Morgan fingerprint density at radius 1 is 1.31 bits per heavy atom. The summed E-state index contributed by atoms with van der Waals surface area (Å²) in [5.74, 6) is 0.265. The zero-order valence-corrected chi connectivity index (χ0v) is 20.7. The molecule has 1 N–H and O–H groups in total. The van der Waals surface area contributed by atoms with E-state index in [-0.39, 0.29) is 29.8 Å². The molecule has 32 heavy (non-hydrogen) atoms. The molecule has 0 aromatic rings. The molecule has 5 atom stereocenters. The normalized spacial score (nSPS) is 36.3. The first-order chi connectivity index (χ1) is 16.2. The molecular formula is C29H46O3. The second-order valence-corrected chi connectivity index (χ2v) is 11.5. The predicted octanol–water partition coefficient (Wildman–Crippen LogP) is 7.30. The lowest BCUT2D eigenvalue weighted by Gasteiger charge is -2.44. The summed E-state index contributed by atoms with van der Waals surface area (Å²) in [5.41, 5.74) is 2.29. The van der Waals surface area contributed by atoms with Crippen molar-refractivity contribution in [3.63, 3.8) is 0 Å². The minimum atomic E-state index is -2.02. The van der Waals surface area contributed by atoms with E-state index in [0.29, 0.717) is 12.8 Å². The molecule has 0 bridgehead atoms. The molecule has 3 rings (SSSR count). The van der Waals surface area contributed by atoms with E-state index in [2.05, 4.69) is 25.7 Å². The third kappa shape index (κ3) is 6.16. The van der Waals surface area contributed by atoms with Crippen molar-refractivity contribution in [2.24, 2.45) is 23.2 Å². The van der Waals surface area contributed by atoms with Crippen LogP contribution in [-0.4, -0.2) is 22.8 Å². The Balaban J connectivity index is 1.76. The maximum atomic E-state index is 12.2. The van der Waals surface area contributed by atoms with Gasteiger partial charge in [0.15, 0.2) is 0 Å². The van der Waals surface area contributed by atoms with Crippen molar-refractivity contribution in [2.45, 2.75) is 117 Å². The number of aliphatic hydroxyl groups is 1. The number of carbonyl (C=O) groups excluding carboxylic acids is 1. The number of fused-ring (bicyclic) bond motifs is 1. The highest BCUT2D eigenvalue weighted by atomic mass is 16.6. The topological polar surface area (TPSA) is 46.5 Å². The first kappa shape index (κ1) is 21.2. The molecule has 3 nitrogen and oxygen atoms in total. The van der Waals surface area contributed by atoms with Crippen LogP contribution in [0.3, 0.4) is 0 Å². The molecule has 0 radical (unpaired) electrons. The Hall–Kier alpha value is -1.35. The van der Waals surface area contributed by atoms with Crippen LogP contribution >= 0.6 is 0 Å². The number of esters is 1. The van der Waals surface area contributed by atoms with Gasteiger partial charge in [-0.2, -0.15) is 0 Å². The molecule has 0 aliphatic heterocycles. The zero-order valence-electron chi connectivity index (χ0n) is 23.7. The Kier molecular flexibility index (Phi) is 6.81. The van der Waals surface area contributed by atoms with E-state index < -0.39 is 17.9 Å². The number of carbonyl (C=O) groups is 1. The van der Waals surface area contributed by atoms with Crippen LogP contribution < -0.4 is 0 Å². The van der Waals surface area contributed by atoms with Crippen molar-refractivity contribution in [1.82, 2.24) is 0 Å². The van der Waals surface area contributed by atoms with Gasteiger partial charge in [0.05, 0.1) is 6.10 Å². The molecule has 3 heteroatoms. The van der Waals surface area contributed by atoms with E-state index in [1.54, 1.807) is 0 Å². The lowest BCUT2D eigenvalue weighted by Crippen LogP contribution is -2.36. The van der Waals surface area contributed by atoms with E-state index in [4.69, 9.17) is 8.85 Å². The summed E-state index contributed by atoms with van der Waals surface area (Å²) in [7, 11) is 0. The molecule has 0 amide bonds. The standard InChI is InChI=1S/C29H46O3/c1-20-12-15-24(30)19-23(20)14-13-22-10-8-18-29(6)25(16-17-26(22)29)21(2)9-7-11-27(31)32-28(3,4)5/h13-14,21,24-26,30H,1,7-12,15-19H2,2-6H3/b22-13+,23-14-/t21-,24+,25-,26+,29-/m1/s1/i6D3. The molecule has 0 spiro atoms. The van der Waals surface area contributed by atoms with Crippen molar-refractivity contribution >= 4 is 5.97 Å². The predicted molar refractivity (Wildman–Crippen MR) is 132 cm³/mol. The van der Waals surface area contributed by atoms with Gasteiger partial charge in [-0.1, -0.05) is 43.7 Å². The number of hydrogen-bond acceptors (Lipinski definition) is 3. The van der Waals surface area contributed by atoms with Crippen LogP contribution in [0.15, 0.2) is 35.5 Å². The summed E-state index contributed by atoms with van der Waals surface area (Å²) in [5, 5.41) is 10.1. The minimum absolute atomic E-state index is 0.0701. The van der Waals surface area contributed by atoms with Crippen LogP contribution in [0, 0.1) is 23.2 Å². The molecular weight excluding hydrogens is 396 g/mol. The van der Waals surface area contributed by atoms with Gasteiger partial charge >= 0.3 is 5.97 Å². The highest BCUT2D eigenvalue weighted by Gasteiger charge is 2.50. The summed E-state index contributed by atoms with van der Waals surface area (Å²) in [6.45, 7) is 9.98. The fourth-order valence-electron chi connectivity index (χ4n) is 6.30. The van der Waals surface area contributed by atoms with Gasteiger partial charge in [-0.05, 0) is 114 Å². The smallest absolute Gasteiger partial charge is 0.306 e. The minimum Gasteiger partial charge on any atom is -0.460 e. The fraction of sp³-hybridized carbons (Fsp3) is 0.759. The summed E-state index contributed by atoms with van der Waals surface area (Å²) >= 11 is 0. The third-order valence-corrected chi connectivity index (χ3v) is 7.89. The van der Waals surface area contributed by atoms with Gasteiger partial charge in [-0.3, -0.25) is 4.79 Å². The first-order valence-corrected chi connectivity index (χ1v) is 12.7. The monoisotopic (exact) mass is 445 g/mol. The van der Waals surface area contributed by atoms with Crippen LogP contribution in [0.25, 0.3) is 0 Å². The van der Waals surface area contributed by atoms with E-state index in [9.17, 15) is 9.90 Å². The van der Waals surface area contributed by atoms with Gasteiger partial charge in [0, 0.05) is 10.5 Å². The quantitative estimate of drug-likeness (QED) is 0.436. The van der Waals surface area contributed by atoms with Crippen molar-refractivity contribution in [1.29, 1.82) is 0 Å². The van der Waals surface area contributed by atoms with Crippen molar-refractivity contribution in [3.8, 4) is 0 Å². The Morgan fingerprint density at radius 2 is 2.09 bits per heavy atom. The van der Waals surface area contributed by atoms with Gasteiger partial charge in [-0.25, -0.2) is 0 Å². The number of aliphatic hydroxyl groups excluding tert-OH is 1. The molecule has 3 fully saturated rings. The zero-order chi connectivity index (χ0) is 26.0. The summed E-state index contributed by atoms with van der Waals surface area (Å²) in [6, 6.07) is 0. The number of ether oxygens (including phenoxy) is 1. The van der Waals surface area contributed by atoms with E-state index in [1.165, 1.54) is 5.57 Å². The summed E-state index contributed by atoms with van der Waals surface area (Å²) in [6.07, 6.45) is 12.6. The fourth-order valence-corrected chi connectivity index (χ4v) is 6.30. The molecule has 180 valence electrons. The van der Waals surface area contributed by atoms with Gasteiger partial charge in [0.1, 0.15) is 5.60 Å². The molecule has 0 aromatic carbocycles. The van der Waals surface area contributed by atoms with E-state index >= 15 is 0 Å². The van der Waals surface area contributed by atoms with Gasteiger partial charge in [-0.15, -0.1) is 0 Å². The third-order valence-electron chi connectivity index (χ3n) is 7.89. The molecule has 0 heterocycles. The van der Waals surface area contributed by atoms with Crippen molar-refractivity contribution in [3.05, 3.63) is 35.5 Å². The van der Waals surface area contributed by atoms with Gasteiger partial charge in [0.25, 0.3) is 0 Å². The van der Waals surface area contributed by atoms with Crippen LogP contribution in [0.1, 0.15) is 109 Å². The average molecular weight is 446 g/mol. The highest BCUT2D eigenvalue weighted by molar-refractivity contribution is 5.69. The summed E-state index contributed by atoms with van der Waals surface area (Å²) in [4.78, 5) is 12.2. The van der Waals surface area contributed by atoms with E-state index in [1.807, 2.05) is 20.8 Å². The van der Waals surface area contributed by atoms with Crippen LogP contribution in [0.2, 0.25) is 0 Å². The molecule has 0 saturated heterocycles. The molecule has 0 aromatic heterocycles. The number of rotatable bonds is 6. The Morgan fingerprint density at radius 3 is 2.81 bits per heavy atom. The Bertz CT molecular complexity index is 848. The van der Waals surface area contributed by atoms with Crippen LogP contribution in [0.5, 0.6) is 0 Å². The maximum absolute atomic E-state index is 12.2. The number of hydrogen-bond donors (Lipinski definition) is 1. The Labute approximate surface area is 200 Å². The molecule has 3 saturated carbocycles.